The molecule has 0 spiro atoms. The zero-order valence-corrected chi connectivity index (χ0v) is 15.0. The van der Waals surface area contributed by atoms with Crippen LogP contribution in [0.4, 0.5) is 5.82 Å². The average Bonchev–Trinajstić information content (AvgIpc) is 2.69. The van der Waals surface area contributed by atoms with Gasteiger partial charge in [0, 0.05) is 25.7 Å². The van der Waals surface area contributed by atoms with Crippen LogP contribution in [0.15, 0.2) is 36.4 Å². The number of likely N-dealkylation sites (N-methyl/N-ethyl adjacent to an activating group) is 1. The Labute approximate surface area is 156 Å². The van der Waals surface area contributed by atoms with Gasteiger partial charge in [0.05, 0.1) is 5.92 Å². The van der Waals surface area contributed by atoms with Gasteiger partial charge in [0.25, 0.3) is 11.8 Å². The molecule has 0 saturated carbocycles. The molecule has 1 aromatic carbocycles. The maximum absolute atomic E-state index is 13.4. The standard InChI is InChI=1S/C20H20N4O3/c1-23-11-15(13-6-2-3-7-14(13)19(23)26)20(27)24-10-4-5-12-8-9-16(17(21)25)22-18(12)24/h2-3,6-9,15H,4-5,10-11H2,1H3,(H2,21,25). The number of nitrogens with zero attached hydrogens (tertiary/aromatic N) is 3. The van der Waals surface area contributed by atoms with E-state index in [0.717, 1.165) is 24.0 Å². The van der Waals surface area contributed by atoms with Gasteiger partial charge in [0.2, 0.25) is 5.91 Å². The Morgan fingerprint density at radius 1 is 1.19 bits per heavy atom. The van der Waals surface area contributed by atoms with Crippen molar-refractivity contribution in [2.24, 2.45) is 5.73 Å². The van der Waals surface area contributed by atoms with Crippen molar-refractivity contribution in [1.29, 1.82) is 0 Å². The summed E-state index contributed by atoms with van der Waals surface area (Å²) in [5.74, 6) is -0.780. The van der Waals surface area contributed by atoms with Crippen LogP contribution in [-0.4, -0.2) is 47.7 Å². The van der Waals surface area contributed by atoms with E-state index in [1.54, 1.807) is 35.0 Å². The van der Waals surface area contributed by atoms with E-state index in [1.807, 2.05) is 18.2 Å². The fourth-order valence-electron chi connectivity index (χ4n) is 3.85. The lowest BCUT2D eigenvalue weighted by Crippen LogP contribution is -2.46. The molecule has 1 aromatic heterocycles. The first-order valence-electron chi connectivity index (χ1n) is 8.93. The van der Waals surface area contributed by atoms with Crippen molar-refractivity contribution >= 4 is 23.5 Å². The van der Waals surface area contributed by atoms with Crippen molar-refractivity contribution in [1.82, 2.24) is 9.88 Å². The molecule has 0 fully saturated rings. The van der Waals surface area contributed by atoms with E-state index < -0.39 is 11.8 Å². The second kappa shape index (κ2) is 6.50. The van der Waals surface area contributed by atoms with Crippen LogP contribution in [0.25, 0.3) is 0 Å². The second-order valence-electron chi connectivity index (χ2n) is 6.96. The molecule has 1 unspecified atom stereocenters. The predicted molar refractivity (Wildman–Crippen MR) is 99.6 cm³/mol. The Kier molecular flexibility index (Phi) is 4.14. The topological polar surface area (TPSA) is 96.6 Å². The van der Waals surface area contributed by atoms with Gasteiger partial charge in [0.1, 0.15) is 11.5 Å². The largest absolute Gasteiger partial charge is 0.364 e. The van der Waals surface area contributed by atoms with E-state index in [0.29, 0.717) is 24.5 Å². The van der Waals surface area contributed by atoms with Crippen LogP contribution in [0.1, 0.15) is 44.3 Å². The van der Waals surface area contributed by atoms with Crippen molar-refractivity contribution in [3.8, 4) is 0 Å². The van der Waals surface area contributed by atoms with Crippen molar-refractivity contribution in [2.45, 2.75) is 18.8 Å². The number of hydrogen-bond acceptors (Lipinski definition) is 4. The van der Waals surface area contributed by atoms with E-state index in [-0.39, 0.29) is 17.5 Å². The van der Waals surface area contributed by atoms with Gasteiger partial charge in [-0.1, -0.05) is 24.3 Å². The number of rotatable bonds is 2. The SMILES string of the molecule is CN1CC(C(=O)N2CCCc3ccc(C(N)=O)nc32)c2ccccc2C1=O. The lowest BCUT2D eigenvalue weighted by molar-refractivity contribution is -0.120. The summed E-state index contributed by atoms with van der Waals surface area (Å²) in [6.45, 7) is 0.841. The molecular weight excluding hydrogens is 344 g/mol. The molecule has 0 saturated heterocycles. The van der Waals surface area contributed by atoms with Crippen LogP contribution in [0.3, 0.4) is 0 Å². The molecule has 3 heterocycles. The van der Waals surface area contributed by atoms with E-state index >= 15 is 0 Å². The first kappa shape index (κ1) is 17.2. The van der Waals surface area contributed by atoms with Gasteiger partial charge in [-0.3, -0.25) is 19.3 Å². The Morgan fingerprint density at radius 3 is 2.74 bits per heavy atom. The third-order valence-corrected chi connectivity index (χ3v) is 5.23. The highest BCUT2D eigenvalue weighted by atomic mass is 16.2. The number of hydrogen-bond donors (Lipinski definition) is 1. The van der Waals surface area contributed by atoms with Gasteiger partial charge < -0.3 is 10.6 Å². The van der Waals surface area contributed by atoms with Gasteiger partial charge in [0.15, 0.2) is 0 Å². The third-order valence-electron chi connectivity index (χ3n) is 5.23. The number of pyridine rings is 1. The molecule has 7 heteroatoms. The molecule has 2 N–H and O–H groups in total. The van der Waals surface area contributed by atoms with Crippen LogP contribution in [0, 0.1) is 0 Å². The van der Waals surface area contributed by atoms with Crippen molar-refractivity contribution in [2.75, 3.05) is 25.0 Å². The molecule has 2 aliphatic rings. The Hall–Kier alpha value is -3.22. The summed E-state index contributed by atoms with van der Waals surface area (Å²) in [6.07, 6.45) is 1.62. The number of benzene rings is 1. The minimum atomic E-state index is -0.621. The number of anilines is 1. The maximum Gasteiger partial charge on any atom is 0.267 e. The fourth-order valence-corrected chi connectivity index (χ4v) is 3.85. The predicted octanol–water partition coefficient (Wildman–Crippen LogP) is 1.33. The van der Waals surface area contributed by atoms with Gasteiger partial charge in [-0.25, -0.2) is 4.98 Å². The Balaban J connectivity index is 1.75. The summed E-state index contributed by atoms with van der Waals surface area (Å²) in [6, 6.07) is 10.6. The fraction of sp³-hybridized carbons (Fsp3) is 0.300. The molecule has 7 nitrogen and oxygen atoms in total. The molecule has 4 rings (SSSR count). The molecule has 1 atom stereocenters. The number of amides is 3. The van der Waals surface area contributed by atoms with Crippen LogP contribution < -0.4 is 10.6 Å². The molecule has 2 aromatic rings. The summed E-state index contributed by atoms with van der Waals surface area (Å²) in [5.41, 5.74) is 7.72. The van der Waals surface area contributed by atoms with Crippen LogP contribution in [0.2, 0.25) is 0 Å². The quantitative estimate of drug-likeness (QED) is 0.869. The highest BCUT2D eigenvalue weighted by Gasteiger charge is 2.37. The van der Waals surface area contributed by atoms with Gasteiger partial charge in [-0.05, 0) is 36.1 Å². The number of carbonyl (C=O) groups excluding carboxylic acids is 3. The molecule has 0 radical (unpaired) electrons. The number of nitrogens with two attached hydrogens (primary N) is 1. The third kappa shape index (κ3) is 2.85. The first-order valence-corrected chi connectivity index (χ1v) is 8.93. The van der Waals surface area contributed by atoms with Gasteiger partial charge >= 0.3 is 0 Å². The summed E-state index contributed by atoms with van der Waals surface area (Å²) in [7, 11) is 1.70. The second-order valence-corrected chi connectivity index (χ2v) is 6.96. The minimum absolute atomic E-state index is 0.0807. The van der Waals surface area contributed by atoms with Gasteiger partial charge in [-0.15, -0.1) is 0 Å². The normalized spacial score (nSPS) is 18.7. The zero-order valence-electron chi connectivity index (χ0n) is 15.0. The van der Waals surface area contributed by atoms with Crippen molar-refractivity contribution in [3.63, 3.8) is 0 Å². The van der Waals surface area contributed by atoms with E-state index in [4.69, 9.17) is 5.73 Å². The van der Waals surface area contributed by atoms with Crippen molar-refractivity contribution < 1.29 is 14.4 Å². The first-order chi connectivity index (χ1) is 13.0. The number of fused-ring (bicyclic) bond motifs is 2. The van der Waals surface area contributed by atoms with Crippen LogP contribution in [-0.2, 0) is 11.2 Å². The number of carbonyl (C=O) groups is 3. The molecular formula is C20H20N4O3. The molecule has 0 bridgehead atoms. The Morgan fingerprint density at radius 2 is 1.96 bits per heavy atom. The summed E-state index contributed by atoms with van der Waals surface area (Å²) in [4.78, 5) is 44.9. The Bertz CT molecular complexity index is 956. The summed E-state index contributed by atoms with van der Waals surface area (Å²) in [5, 5.41) is 0. The van der Waals surface area contributed by atoms with Crippen LogP contribution >= 0.6 is 0 Å². The summed E-state index contributed by atoms with van der Waals surface area (Å²) >= 11 is 0. The van der Waals surface area contributed by atoms with Crippen LogP contribution in [0.5, 0.6) is 0 Å². The number of primary amides is 1. The smallest absolute Gasteiger partial charge is 0.267 e. The minimum Gasteiger partial charge on any atom is -0.364 e. The summed E-state index contributed by atoms with van der Waals surface area (Å²) < 4.78 is 0. The maximum atomic E-state index is 13.4. The highest BCUT2D eigenvalue weighted by Crippen LogP contribution is 2.33. The van der Waals surface area contributed by atoms with Gasteiger partial charge in [-0.2, -0.15) is 0 Å². The monoisotopic (exact) mass is 364 g/mol. The molecule has 138 valence electrons. The molecule has 2 aliphatic heterocycles. The zero-order chi connectivity index (χ0) is 19.1. The molecule has 27 heavy (non-hydrogen) atoms. The van der Waals surface area contributed by atoms with E-state index in [2.05, 4.69) is 4.98 Å². The van der Waals surface area contributed by atoms with Crippen molar-refractivity contribution in [3.05, 3.63) is 58.8 Å². The average molecular weight is 364 g/mol. The molecule has 0 aliphatic carbocycles. The van der Waals surface area contributed by atoms with E-state index in [9.17, 15) is 14.4 Å². The lowest BCUT2D eigenvalue weighted by Gasteiger charge is -2.36. The van der Waals surface area contributed by atoms with E-state index in [1.165, 1.54) is 0 Å². The number of aryl methyl sites for hydroxylation is 1. The lowest BCUT2D eigenvalue weighted by atomic mass is 9.88. The number of aromatic nitrogens is 1. The molecule has 3 amide bonds. The highest BCUT2D eigenvalue weighted by molar-refractivity contribution is 6.04.